The molecule has 23 heavy (non-hydrogen) atoms. The summed E-state index contributed by atoms with van der Waals surface area (Å²) in [5.74, 6) is -0.459. The molecule has 2 rings (SSSR count). The van der Waals surface area contributed by atoms with Crippen molar-refractivity contribution < 1.29 is 14.3 Å². The van der Waals surface area contributed by atoms with Crippen LogP contribution in [0.1, 0.15) is 29.4 Å². The van der Waals surface area contributed by atoms with Crippen LogP contribution in [0.15, 0.2) is 18.2 Å². The van der Waals surface area contributed by atoms with E-state index in [-0.39, 0.29) is 24.7 Å². The van der Waals surface area contributed by atoms with Crippen molar-refractivity contribution in [2.45, 2.75) is 40.5 Å². The van der Waals surface area contributed by atoms with E-state index in [9.17, 15) is 9.18 Å². The molecule has 2 aromatic rings. The summed E-state index contributed by atoms with van der Waals surface area (Å²) in [4.78, 5) is 12.0. The number of amides is 2. The molecule has 0 aliphatic rings. The van der Waals surface area contributed by atoms with E-state index < -0.39 is 5.82 Å². The van der Waals surface area contributed by atoms with Gasteiger partial charge < -0.3 is 15.7 Å². The summed E-state index contributed by atoms with van der Waals surface area (Å²) >= 11 is 0. The lowest BCUT2D eigenvalue weighted by molar-refractivity contribution is 0.251. The van der Waals surface area contributed by atoms with Gasteiger partial charge in [0.05, 0.1) is 23.7 Å². The van der Waals surface area contributed by atoms with Gasteiger partial charge in [0.25, 0.3) is 0 Å². The van der Waals surface area contributed by atoms with Crippen LogP contribution in [0.4, 0.5) is 14.9 Å². The van der Waals surface area contributed by atoms with E-state index in [1.807, 2.05) is 25.5 Å². The van der Waals surface area contributed by atoms with Gasteiger partial charge in [-0.1, -0.05) is 6.07 Å². The molecule has 0 spiro atoms. The first kappa shape index (κ1) is 17.0. The highest BCUT2D eigenvalue weighted by atomic mass is 19.1. The van der Waals surface area contributed by atoms with Gasteiger partial charge in [-0.3, -0.25) is 4.68 Å². The number of anilines is 1. The van der Waals surface area contributed by atoms with Crippen LogP contribution in [0, 0.1) is 19.7 Å². The van der Waals surface area contributed by atoms with Crippen LogP contribution in [0.2, 0.25) is 0 Å². The first-order valence-electron chi connectivity index (χ1n) is 7.43. The summed E-state index contributed by atoms with van der Waals surface area (Å²) in [5, 5.41) is 18.9. The van der Waals surface area contributed by atoms with E-state index in [0.717, 1.165) is 17.9 Å². The quantitative estimate of drug-likeness (QED) is 0.792. The summed E-state index contributed by atoms with van der Waals surface area (Å²) in [5.41, 5.74) is 3.26. The van der Waals surface area contributed by atoms with E-state index in [1.54, 1.807) is 6.07 Å². The van der Waals surface area contributed by atoms with Crippen LogP contribution in [0.25, 0.3) is 0 Å². The number of carbonyl (C=O) groups excluding carboxylic acids is 1. The Labute approximate surface area is 134 Å². The molecule has 0 fully saturated rings. The Hall–Kier alpha value is -2.41. The van der Waals surface area contributed by atoms with Gasteiger partial charge in [-0.05, 0) is 38.5 Å². The van der Waals surface area contributed by atoms with Crippen LogP contribution in [-0.2, 0) is 19.7 Å². The minimum Gasteiger partial charge on any atom is -0.392 e. The van der Waals surface area contributed by atoms with Crippen LogP contribution in [-0.4, -0.2) is 20.9 Å². The van der Waals surface area contributed by atoms with Crippen LogP contribution in [0.3, 0.4) is 0 Å². The fourth-order valence-electron chi connectivity index (χ4n) is 2.38. The highest BCUT2D eigenvalue weighted by Gasteiger charge is 2.13. The van der Waals surface area contributed by atoms with Gasteiger partial charge in [0.1, 0.15) is 5.82 Å². The third-order valence-electron chi connectivity index (χ3n) is 3.65. The van der Waals surface area contributed by atoms with Gasteiger partial charge >= 0.3 is 6.03 Å². The summed E-state index contributed by atoms with van der Waals surface area (Å²) < 4.78 is 15.1. The molecule has 0 bridgehead atoms. The van der Waals surface area contributed by atoms with Gasteiger partial charge in [0.2, 0.25) is 0 Å². The molecule has 0 aliphatic heterocycles. The molecule has 0 saturated heterocycles. The number of rotatable bonds is 5. The molecule has 0 radical (unpaired) electrons. The van der Waals surface area contributed by atoms with Gasteiger partial charge in [0, 0.05) is 18.7 Å². The Morgan fingerprint density at radius 3 is 2.74 bits per heavy atom. The molecule has 1 aromatic carbocycles. The second-order valence-electron chi connectivity index (χ2n) is 5.25. The number of aromatic nitrogens is 2. The molecule has 0 aliphatic carbocycles. The topological polar surface area (TPSA) is 79.2 Å². The van der Waals surface area contributed by atoms with Crippen LogP contribution < -0.4 is 10.6 Å². The number of carbonyl (C=O) groups is 1. The number of aliphatic hydroxyl groups excluding tert-OH is 1. The van der Waals surface area contributed by atoms with E-state index in [1.165, 1.54) is 12.1 Å². The number of nitrogens with zero attached hydrogens (tertiary/aromatic N) is 2. The second-order valence-corrected chi connectivity index (χ2v) is 5.25. The molecule has 124 valence electrons. The predicted octanol–water partition coefficient (Wildman–Crippen LogP) is 2.47. The maximum Gasteiger partial charge on any atom is 0.319 e. The van der Waals surface area contributed by atoms with Crippen molar-refractivity contribution >= 4 is 11.7 Å². The van der Waals surface area contributed by atoms with Gasteiger partial charge in [-0.15, -0.1) is 0 Å². The zero-order valence-corrected chi connectivity index (χ0v) is 13.5. The van der Waals surface area contributed by atoms with Crippen LogP contribution >= 0.6 is 0 Å². The Bertz CT molecular complexity index is 712. The number of benzene rings is 1. The Morgan fingerprint density at radius 2 is 2.13 bits per heavy atom. The van der Waals surface area contributed by atoms with Crippen molar-refractivity contribution in [3.63, 3.8) is 0 Å². The Balaban J connectivity index is 1.99. The first-order valence-corrected chi connectivity index (χ1v) is 7.43. The number of hydrogen-bond donors (Lipinski definition) is 3. The molecule has 7 heteroatoms. The van der Waals surface area contributed by atoms with Gasteiger partial charge in [-0.25, -0.2) is 9.18 Å². The maximum atomic E-state index is 13.3. The number of urea groups is 1. The summed E-state index contributed by atoms with van der Waals surface area (Å²) in [6, 6.07) is 4.02. The molecule has 1 aromatic heterocycles. The van der Waals surface area contributed by atoms with Crippen molar-refractivity contribution in [3.05, 3.63) is 46.5 Å². The second kappa shape index (κ2) is 7.23. The molecule has 1 heterocycles. The first-order chi connectivity index (χ1) is 11.0. The highest BCUT2D eigenvalue weighted by Crippen LogP contribution is 2.19. The summed E-state index contributed by atoms with van der Waals surface area (Å²) in [7, 11) is 0. The molecular formula is C16H21FN4O2. The lowest BCUT2D eigenvalue weighted by Crippen LogP contribution is -2.28. The number of hydrogen-bond acceptors (Lipinski definition) is 3. The summed E-state index contributed by atoms with van der Waals surface area (Å²) in [6.07, 6.45) is 0. The smallest absolute Gasteiger partial charge is 0.319 e. The molecule has 2 amide bonds. The average molecular weight is 320 g/mol. The molecule has 0 atom stereocenters. The number of aryl methyl sites for hydroxylation is 2. The normalized spacial score (nSPS) is 10.7. The third-order valence-corrected chi connectivity index (χ3v) is 3.65. The van der Waals surface area contributed by atoms with E-state index in [4.69, 9.17) is 5.11 Å². The molecule has 6 nitrogen and oxygen atoms in total. The predicted molar refractivity (Wildman–Crippen MR) is 85.6 cm³/mol. The molecule has 3 N–H and O–H groups in total. The lowest BCUT2D eigenvalue weighted by atomic mass is 10.1. The zero-order chi connectivity index (χ0) is 17.0. The van der Waals surface area contributed by atoms with Crippen molar-refractivity contribution in [3.8, 4) is 0 Å². The fourth-order valence-corrected chi connectivity index (χ4v) is 2.38. The molecule has 0 saturated carbocycles. The van der Waals surface area contributed by atoms with E-state index >= 15 is 0 Å². The fraction of sp³-hybridized carbons (Fsp3) is 0.375. The number of halogens is 1. The Kier molecular flexibility index (Phi) is 5.33. The van der Waals surface area contributed by atoms with E-state index in [2.05, 4.69) is 15.7 Å². The Morgan fingerprint density at radius 1 is 1.39 bits per heavy atom. The van der Waals surface area contributed by atoms with Crippen LogP contribution in [0.5, 0.6) is 0 Å². The number of aliphatic hydroxyl groups is 1. The standard InChI is InChI=1S/C16H21FN4O2/c1-4-21-11(3)15(10(2)20-21)19-16(23)18-8-12-5-6-14(17)13(7-12)9-22/h5-7,22H,4,8-9H2,1-3H3,(H2,18,19,23). The van der Waals surface area contributed by atoms with Gasteiger partial charge in [0.15, 0.2) is 0 Å². The highest BCUT2D eigenvalue weighted by molar-refractivity contribution is 5.90. The van der Waals surface area contributed by atoms with E-state index in [0.29, 0.717) is 11.3 Å². The zero-order valence-electron chi connectivity index (χ0n) is 13.5. The maximum absolute atomic E-state index is 13.3. The lowest BCUT2D eigenvalue weighted by Gasteiger charge is -2.09. The van der Waals surface area contributed by atoms with Crippen molar-refractivity contribution in [2.24, 2.45) is 0 Å². The van der Waals surface area contributed by atoms with Gasteiger partial charge in [-0.2, -0.15) is 5.10 Å². The third kappa shape index (κ3) is 3.87. The monoisotopic (exact) mass is 320 g/mol. The minimum absolute atomic E-state index is 0.209. The molecular weight excluding hydrogens is 299 g/mol. The largest absolute Gasteiger partial charge is 0.392 e. The number of nitrogens with one attached hydrogen (secondary N) is 2. The van der Waals surface area contributed by atoms with Crippen molar-refractivity contribution in [1.29, 1.82) is 0 Å². The SMILES string of the molecule is CCn1nc(C)c(NC(=O)NCc2ccc(F)c(CO)c2)c1C. The molecule has 0 unspecified atom stereocenters. The minimum atomic E-state index is -0.459. The van der Waals surface area contributed by atoms with Crippen molar-refractivity contribution in [2.75, 3.05) is 5.32 Å². The van der Waals surface area contributed by atoms with Crippen molar-refractivity contribution in [1.82, 2.24) is 15.1 Å². The average Bonchev–Trinajstić information content (AvgIpc) is 2.81. The summed E-state index contributed by atoms with van der Waals surface area (Å²) in [6.45, 7) is 6.31.